The monoisotopic (exact) mass is 318 g/mol. The van der Waals surface area contributed by atoms with E-state index in [1.54, 1.807) is 0 Å². The number of aromatic nitrogens is 1. The lowest BCUT2D eigenvalue weighted by Gasteiger charge is -2.16. The molecule has 5 nitrogen and oxygen atoms in total. The zero-order valence-electron chi connectivity index (χ0n) is 10.0. The average Bonchev–Trinajstić information content (AvgIpc) is 2.26. The highest BCUT2D eigenvalue weighted by molar-refractivity contribution is 5.70. The van der Waals surface area contributed by atoms with Gasteiger partial charge >= 0.3 is 18.5 Å². The number of alkyl halides is 6. The highest BCUT2D eigenvalue weighted by Crippen LogP contribution is 2.35. The number of ether oxygens (including phenoxy) is 1. The van der Waals surface area contributed by atoms with Gasteiger partial charge in [-0.2, -0.15) is 13.2 Å². The molecule has 118 valence electrons. The summed E-state index contributed by atoms with van der Waals surface area (Å²) in [6.07, 6.45) is -11.5. The number of hydrogen-bond donors (Lipinski definition) is 2. The Hall–Kier alpha value is -2.04. The Balaban J connectivity index is 3.44. The quantitative estimate of drug-likeness (QED) is 0.830. The van der Waals surface area contributed by atoms with Gasteiger partial charge in [0.25, 0.3) is 0 Å². The minimum absolute atomic E-state index is 0.489. The van der Waals surface area contributed by atoms with Gasteiger partial charge in [0.1, 0.15) is 0 Å². The first-order valence-corrected chi connectivity index (χ1v) is 5.21. The fourth-order valence-electron chi connectivity index (χ4n) is 1.47. The van der Waals surface area contributed by atoms with Crippen LogP contribution >= 0.6 is 0 Å². The number of hydrogen-bond acceptors (Lipinski definition) is 4. The van der Waals surface area contributed by atoms with Gasteiger partial charge in [-0.1, -0.05) is 0 Å². The molecule has 0 radical (unpaired) electrons. The maximum absolute atomic E-state index is 12.7. The van der Waals surface area contributed by atoms with Crippen LogP contribution < -0.4 is 10.5 Å². The molecule has 0 unspecified atom stereocenters. The summed E-state index contributed by atoms with van der Waals surface area (Å²) in [6.45, 7) is -0.608. The van der Waals surface area contributed by atoms with E-state index in [0.29, 0.717) is 6.07 Å². The molecule has 11 heteroatoms. The van der Waals surface area contributed by atoms with E-state index >= 15 is 0 Å². The molecular formula is C10H8F6N2O3. The van der Waals surface area contributed by atoms with E-state index in [1.807, 2.05) is 0 Å². The van der Waals surface area contributed by atoms with E-state index in [1.165, 1.54) is 0 Å². The zero-order chi connectivity index (χ0) is 16.4. The van der Waals surface area contributed by atoms with Crippen molar-refractivity contribution >= 4 is 5.97 Å². The van der Waals surface area contributed by atoms with Crippen molar-refractivity contribution in [1.82, 2.24) is 4.98 Å². The number of halogens is 6. The van der Waals surface area contributed by atoms with Crippen LogP contribution in [0.2, 0.25) is 0 Å². The molecule has 0 bridgehead atoms. The topological polar surface area (TPSA) is 85.4 Å². The summed E-state index contributed by atoms with van der Waals surface area (Å²) in [5.74, 6) is -2.96. The first-order chi connectivity index (χ1) is 9.44. The Labute approximate surface area is 113 Å². The summed E-state index contributed by atoms with van der Waals surface area (Å²) in [4.78, 5) is 13.3. The third kappa shape index (κ3) is 4.77. The second kappa shape index (κ2) is 5.76. The van der Waals surface area contributed by atoms with Crippen molar-refractivity contribution in [2.75, 3.05) is 0 Å². The highest BCUT2D eigenvalue weighted by Gasteiger charge is 2.39. The molecule has 0 saturated carbocycles. The van der Waals surface area contributed by atoms with E-state index in [9.17, 15) is 31.1 Å². The molecule has 0 aromatic carbocycles. The lowest BCUT2D eigenvalue weighted by molar-refractivity contribution is -0.276. The SMILES string of the molecule is NCc1cc(CC(=O)O)c(C(F)(F)F)nc1OC(F)(F)F. The maximum Gasteiger partial charge on any atom is 0.574 e. The van der Waals surface area contributed by atoms with Gasteiger partial charge in [0.2, 0.25) is 5.88 Å². The van der Waals surface area contributed by atoms with E-state index < -0.39 is 54.2 Å². The number of aliphatic carboxylic acids is 1. The maximum atomic E-state index is 12.7. The Morgan fingerprint density at radius 2 is 1.81 bits per heavy atom. The Kier molecular flexibility index (Phi) is 4.66. The lowest BCUT2D eigenvalue weighted by atomic mass is 10.1. The van der Waals surface area contributed by atoms with Gasteiger partial charge in [-0.05, 0) is 11.6 Å². The highest BCUT2D eigenvalue weighted by atomic mass is 19.4. The van der Waals surface area contributed by atoms with Crippen LogP contribution in [0.4, 0.5) is 26.3 Å². The van der Waals surface area contributed by atoms with E-state index in [-0.39, 0.29) is 0 Å². The Bertz CT molecular complexity index is 541. The van der Waals surface area contributed by atoms with Gasteiger partial charge in [-0.3, -0.25) is 4.79 Å². The second-order valence-electron chi connectivity index (χ2n) is 3.78. The van der Waals surface area contributed by atoms with Crippen LogP contribution in [0.3, 0.4) is 0 Å². The van der Waals surface area contributed by atoms with Crippen molar-refractivity contribution < 1.29 is 41.0 Å². The van der Waals surface area contributed by atoms with Crippen molar-refractivity contribution in [2.24, 2.45) is 5.73 Å². The van der Waals surface area contributed by atoms with Gasteiger partial charge in [-0.25, -0.2) is 4.98 Å². The molecule has 0 saturated heterocycles. The number of carboxylic acids is 1. The molecule has 1 aromatic rings. The van der Waals surface area contributed by atoms with Crippen LogP contribution in [0.5, 0.6) is 5.88 Å². The zero-order valence-corrected chi connectivity index (χ0v) is 10.0. The van der Waals surface area contributed by atoms with Crippen molar-refractivity contribution in [1.29, 1.82) is 0 Å². The number of pyridine rings is 1. The molecule has 0 spiro atoms. The molecule has 1 aromatic heterocycles. The summed E-state index contributed by atoms with van der Waals surface area (Å²) in [5, 5.41) is 8.54. The minimum Gasteiger partial charge on any atom is -0.481 e. The van der Waals surface area contributed by atoms with E-state index in [0.717, 1.165) is 0 Å². The third-order valence-corrected chi connectivity index (χ3v) is 2.18. The fraction of sp³-hybridized carbons (Fsp3) is 0.400. The summed E-state index contributed by atoms with van der Waals surface area (Å²) in [7, 11) is 0. The largest absolute Gasteiger partial charge is 0.574 e. The molecule has 0 aliphatic heterocycles. The van der Waals surface area contributed by atoms with Crippen LogP contribution in [-0.4, -0.2) is 22.4 Å². The number of carboxylic acid groups (broad SMARTS) is 1. The van der Waals surface area contributed by atoms with Gasteiger partial charge in [0.05, 0.1) is 6.42 Å². The number of nitrogens with zero attached hydrogens (tertiary/aromatic N) is 1. The molecule has 0 atom stereocenters. The summed E-state index contributed by atoms with van der Waals surface area (Å²) < 4.78 is 77.9. The summed E-state index contributed by atoms with van der Waals surface area (Å²) in [6, 6.07) is 0.588. The number of nitrogens with two attached hydrogens (primary N) is 1. The van der Waals surface area contributed by atoms with Gasteiger partial charge in [-0.15, -0.1) is 13.2 Å². The fourth-order valence-corrected chi connectivity index (χ4v) is 1.47. The summed E-state index contributed by atoms with van der Waals surface area (Å²) >= 11 is 0. The van der Waals surface area contributed by atoms with E-state index in [4.69, 9.17) is 10.8 Å². The molecule has 1 heterocycles. The molecule has 1 rings (SSSR count). The summed E-state index contributed by atoms with van der Waals surface area (Å²) in [5.41, 5.74) is 2.06. The normalized spacial score (nSPS) is 12.3. The van der Waals surface area contributed by atoms with Gasteiger partial charge in [0.15, 0.2) is 5.69 Å². The predicted molar refractivity (Wildman–Crippen MR) is 55.2 cm³/mol. The van der Waals surface area contributed by atoms with Crippen molar-refractivity contribution in [3.05, 3.63) is 22.9 Å². The number of carbonyl (C=O) groups is 1. The molecule has 0 aliphatic rings. The first kappa shape index (κ1) is 17.0. The number of rotatable bonds is 4. The van der Waals surface area contributed by atoms with Gasteiger partial charge in [0, 0.05) is 12.1 Å². The smallest absolute Gasteiger partial charge is 0.481 e. The van der Waals surface area contributed by atoms with Crippen LogP contribution in [0.15, 0.2) is 6.07 Å². The minimum atomic E-state index is -5.26. The van der Waals surface area contributed by atoms with Gasteiger partial charge < -0.3 is 15.6 Å². The van der Waals surface area contributed by atoms with E-state index in [2.05, 4.69) is 9.72 Å². The van der Waals surface area contributed by atoms with Crippen LogP contribution in [0.1, 0.15) is 16.8 Å². The Morgan fingerprint density at radius 3 is 2.19 bits per heavy atom. The molecule has 0 fully saturated rings. The molecular weight excluding hydrogens is 310 g/mol. The average molecular weight is 318 g/mol. The van der Waals surface area contributed by atoms with Crippen molar-refractivity contribution in [3.8, 4) is 5.88 Å². The molecule has 0 aliphatic carbocycles. The standard InChI is InChI=1S/C10H8F6N2O3/c11-9(12,13)7-4(2-6(19)20)1-5(3-17)8(18-7)21-10(14,15)16/h1H,2-3,17H2,(H,19,20). The van der Waals surface area contributed by atoms with Crippen molar-refractivity contribution in [3.63, 3.8) is 0 Å². The Morgan fingerprint density at radius 1 is 1.24 bits per heavy atom. The van der Waals surface area contributed by atoms with Crippen LogP contribution in [-0.2, 0) is 23.9 Å². The third-order valence-electron chi connectivity index (χ3n) is 2.18. The first-order valence-electron chi connectivity index (χ1n) is 5.21. The predicted octanol–water partition coefficient (Wildman–Crippen LogP) is 2.08. The van der Waals surface area contributed by atoms with Crippen LogP contribution in [0.25, 0.3) is 0 Å². The molecule has 0 amide bonds. The molecule has 3 N–H and O–H groups in total. The molecule has 21 heavy (non-hydrogen) atoms. The van der Waals surface area contributed by atoms with Crippen LogP contribution in [0, 0.1) is 0 Å². The second-order valence-corrected chi connectivity index (χ2v) is 3.78. The lowest BCUT2D eigenvalue weighted by Crippen LogP contribution is -2.23. The van der Waals surface area contributed by atoms with Crippen molar-refractivity contribution in [2.45, 2.75) is 25.5 Å².